The average molecular weight is 304 g/mol. The molecule has 0 aliphatic carbocycles. The van der Waals surface area contributed by atoms with Crippen molar-refractivity contribution in [2.45, 2.75) is 0 Å². The number of hydrogen-bond donors (Lipinski definition) is 2. The fourth-order valence-corrected chi connectivity index (χ4v) is 2.79. The molecule has 7 nitrogen and oxygen atoms in total. The van der Waals surface area contributed by atoms with E-state index in [9.17, 15) is 9.59 Å². The molecule has 2 aliphatic heterocycles. The van der Waals surface area contributed by atoms with Crippen molar-refractivity contribution in [2.75, 3.05) is 51.3 Å². The number of piperazine rings is 1. The second-order valence-electron chi connectivity index (χ2n) is 5.31. The Kier molecular flexibility index (Phi) is 4.15. The van der Waals surface area contributed by atoms with Crippen LogP contribution in [0.1, 0.15) is 10.4 Å². The van der Waals surface area contributed by atoms with Crippen LogP contribution in [-0.4, -0.2) is 63.2 Å². The molecule has 3 amide bonds. The zero-order valence-electron chi connectivity index (χ0n) is 12.6. The Morgan fingerprint density at radius 2 is 1.95 bits per heavy atom. The summed E-state index contributed by atoms with van der Waals surface area (Å²) in [5.74, 6) is 0.582. The monoisotopic (exact) mass is 304 g/mol. The number of ether oxygens (including phenoxy) is 1. The highest BCUT2D eigenvalue weighted by Gasteiger charge is 2.26. The molecule has 3 rings (SSSR count). The largest absolute Gasteiger partial charge is 0.495 e. The van der Waals surface area contributed by atoms with Crippen LogP contribution in [0.15, 0.2) is 18.2 Å². The summed E-state index contributed by atoms with van der Waals surface area (Å²) in [6, 6.07) is 5.08. The number of amides is 3. The van der Waals surface area contributed by atoms with Gasteiger partial charge in [0.15, 0.2) is 0 Å². The molecule has 1 aromatic rings. The van der Waals surface area contributed by atoms with E-state index in [2.05, 4.69) is 10.6 Å². The maximum atomic E-state index is 12.6. The predicted octanol–water partition coefficient (Wildman–Crippen LogP) is 0.270. The molecule has 2 saturated heterocycles. The second kappa shape index (κ2) is 6.23. The van der Waals surface area contributed by atoms with Crippen LogP contribution in [0, 0.1) is 0 Å². The summed E-state index contributed by atoms with van der Waals surface area (Å²) >= 11 is 0. The number of carbonyl (C=O) groups is 2. The van der Waals surface area contributed by atoms with Gasteiger partial charge in [-0.1, -0.05) is 0 Å². The second-order valence-corrected chi connectivity index (χ2v) is 5.31. The molecule has 0 spiro atoms. The molecular formula is C15H20N4O3. The number of nitrogens with zero attached hydrogens (tertiary/aromatic N) is 2. The SMILES string of the molecule is COc1ccc(C(=O)N2CCNCC2)cc1N1CCNC1=O. The number of rotatable bonds is 3. The Hall–Kier alpha value is -2.28. The fraction of sp³-hybridized carbons (Fsp3) is 0.467. The van der Waals surface area contributed by atoms with Gasteiger partial charge in [0.05, 0.1) is 12.8 Å². The van der Waals surface area contributed by atoms with Crippen molar-refractivity contribution in [1.82, 2.24) is 15.5 Å². The number of urea groups is 1. The average Bonchev–Trinajstić information content (AvgIpc) is 3.00. The van der Waals surface area contributed by atoms with E-state index >= 15 is 0 Å². The molecule has 2 aliphatic rings. The summed E-state index contributed by atoms with van der Waals surface area (Å²) < 4.78 is 5.33. The Balaban J connectivity index is 1.89. The summed E-state index contributed by atoms with van der Waals surface area (Å²) in [4.78, 5) is 27.9. The van der Waals surface area contributed by atoms with Crippen LogP contribution in [0.2, 0.25) is 0 Å². The Morgan fingerprint density at radius 1 is 1.18 bits per heavy atom. The molecule has 1 aromatic carbocycles. The van der Waals surface area contributed by atoms with Crippen LogP contribution >= 0.6 is 0 Å². The molecule has 2 fully saturated rings. The van der Waals surface area contributed by atoms with Gasteiger partial charge in [0, 0.05) is 44.8 Å². The summed E-state index contributed by atoms with van der Waals surface area (Å²) in [5, 5.41) is 5.99. The highest BCUT2D eigenvalue weighted by Crippen LogP contribution is 2.30. The topological polar surface area (TPSA) is 73.9 Å². The molecule has 0 saturated carbocycles. The normalized spacial score (nSPS) is 18.3. The van der Waals surface area contributed by atoms with Gasteiger partial charge in [0.2, 0.25) is 0 Å². The molecular weight excluding hydrogens is 284 g/mol. The smallest absolute Gasteiger partial charge is 0.322 e. The molecule has 2 heterocycles. The maximum Gasteiger partial charge on any atom is 0.322 e. The van der Waals surface area contributed by atoms with Gasteiger partial charge < -0.3 is 20.3 Å². The van der Waals surface area contributed by atoms with Crippen molar-refractivity contribution in [2.24, 2.45) is 0 Å². The van der Waals surface area contributed by atoms with E-state index < -0.39 is 0 Å². The van der Waals surface area contributed by atoms with Crippen LogP contribution in [-0.2, 0) is 0 Å². The molecule has 0 radical (unpaired) electrons. The third-order valence-corrected chi connectivity index (χ3v) is 3.98. The van der Waals surface area contributed by atoms with E-state index in [1.165, 1.54) is 0 Å². The molecule has 2 N–H and O–H groups in total. The minimum absolute atomic E-state index is 0.00925. The van der Waals surface area contributed by atoms with E-state index in [4.69, 9.17) is 4.74 Å². The first-order valence-corrected chi connectivity index (χ1v) is 7.44. The van der Waals surface area contributed by atoms with Crippen molar-refractivity contribution in [3.05, 3.63) is 23.8 Å². The molecule has 7 heteroatoms. The molecule has 22 heavy (non-hydrogen) atoms. The number of benzene rings is 1. The van der Waals surface area contributed by atoms with Gasteiger partial charge in [-0.3, -0.25) is 9.69 Å². The van der Waals surface area contributed by atoms with Gasteiger partial charge in [0.25, 0.3) is 5.91 Å². The lowest BCUT2D eigenvalue weighted by atomic mass is 10.1. The van der Waals surface area contributed by atoms with Crippen molar-refractivity contribution in [3.63, 3.8) is 0 Å². The van der Waals surface area contributed by atoms with Gasteiger partial charge in [-0.25, -0.2) is 4.79 Å². The zero-order chi connectivity index (χ0) is 15.5. The molecule has 0 atom stereocenters. The Labute approximate surface area is 129 Å². The van der Waals surface area contributed by atoms with Gasteiger partial charge >= 0.3 is 6.03 Å². The van der Waals surface area contributed by atoms with Gasteiger partial charge in [-0.2, -0.15) is 0 Å². The molecule has 0 aromatic heterocycles. The van der Waals surface area contributed by atoms with Crippen LogP contribution in [0.5, 0.6) is 5.75 Å². The van der Waals surface area contributed by atoms with Crippen molar-refractivity contribution in [1.29, 1.82) is 0 Å². The lowest BCUT2D eigenvalue weighted by molar-refractivity contribution is 0.0736. The van der Waals surface area contributed by atoms with E-state index in [0.29, 0.717) is 43.2 Å². The van der Waals surface area contributed by atoms with Crippen molar-refractivity contribution in [3.8, 4) is 5.75 Å². The third-order valence-electron chi connectivity index (χ3n) is 3.98. The third kappa shape index (κ3) is 2.71. The molecule has 118 valence electrons. The van der Waals surface area contributed by atoms with Gasteiger partial charge in [0.1, 0.15) is 5.75 Å². The lowest BCUT2D eigenvalue weighted by Gasteiger charge is -2.28. The summed E-state index contributed by atoms with van der Waals surface area (Å²) in [7, 11) is 1.56. The summed E-state index contributed by atoms with van der Waals surface area (Å²) in [6.45, 7) is 4.18. The lowest BCUT2D eigenvalue weighted by Crippen LogP contribution is -2.46. The van der Waals surface area contributed by atoms with Crippen LogP contribution in [0.3, 0.4) is 0 Å². The molecule has 0 bridgehead atoms. The summed E-state index contributed by atoms with van der Waals surface area (Å²) in [5.41, 5.74) is 1.22. The first kappa shape index (κ1) is 14.6. The Morgan fingerprint density at radius 3 is 2.59 bits per heavy atom. The van der Waals surface area contributed by atoms with E-state index in [0.717, 1.165) is 13.1 Å². The highest BCUT2D eigenvalue weighted by molar-refractivity contribution is 5.99. The number of nitrogens with one attached hydrogen (secondary N) is 2. The first-order valence-electron chi connectivity index (χ1n) is 7.44. The first-order chi connectivity index (χ1) is 10.7. The van der Waals surface area contributed by atoms with Crippen LogP contribution in [0.25, 0.3) is 0 Å². The molecule has 0 unspecified atom stereocenters. The van der Waals surface area contributed by atoms with Gasteiger partial charge in [-0.05, 0) is 18.2 Å². The van der Waals surface area contributed by atoms with E-state index in [1.807, 2.05) is 4.90 Å². The number of anilines is 1. The van der Waals surface area contributed by atoms with Crippen molar-refractivity contribution < 1.29 is 14.3 Å². The van der Waals surface area contributed by atoms with E-state index in [1.54, 1.807) is 30.2 Å². The minimum Gasteiger partial charge on any atom is -0.495 e. The number of carbonyl (C=O) groups excluding carboxylic acids is 2. The van der Waals surface area contributed by atoms with E-state index in [-0.39, 0.29) is 11.9 Å². The fourth-order valence-electron chi connectivity index (χ4n) is 2.79. The zero-order valence-corrected chi connectivity index (χ0v) is 12.6. The quantitative estimate of drug-likeness (QED) is 0.841. The highest BCUT2D eigenvalue weighted by atomic mass is 16.5. The Bertz CT molecular complexity index is 584. The van der Waals surface area contributed by atoms with Crippen LogP contribution in [0.4, 0.5) is 10.5 Å². The van der Waals surface area contributed by atoms with Crippen molar-refractivity contribution >= 4 is 17.6 Å². The maximum absolute atomic E-state index is 12.6. The standard InChI is InChI=1S/C15H20N4O3/c1-22-13-3-2-11(14(20)18-7-4-16-5-8-18)10-12(13)19-9-6-17-15(19)21/h2-3,10,16H,4-9H2,1H3,(H,17,21). The number of hydrogen-bond acceptors (Lipinski definition) is 4. The predicted molar refractivity (Wildman–Crippen MR) is 82.5 cm³/mol. The summed E-state index contributed by atoms with van der Waals surface area (Å²) in [6.07, 6.45) is 0. The minimum atomic E-state index is -0.162. The van der Waals surface area contributed by atoms with Gasteiger partial charge in [-0.15, -0.1) is 0 Å². The van der Waals surface area contributed by atoms with Crippen LogP contribution < -0.4 is 20.3 Å². The number of methoxy groups -OCH3 is 1.